The lowest BCUT2D eigenvalue weighted by molar-refractivity contribution is 0.0732. The van der Waals surface area contributed by atoms with Gasteiger partial charge in [-0.2, -0.15) is 0 Å². The first kappa shape index (κ1) is 93.1. The van der Waals surface area contributed by atoms with Crippen LogP contribution in [0.25, 0.3) is 0 Å². The molecule has 0 aliphatic rings. The first-order valence-electron chi connectivity index (χ1n) is 41.2. The number of esters is 1. The zero-order valence-corrected chi connectivity index (χ0v) is 77.3. The van der Waals surface area contributed by atoms with Gasteiger partial charge in [0.25, 0.3) is 5.91 Å². The first-order chi connectivity index (χ1) is 57.1. The molecule has 1 amide bonds. The quantitative estimate of drug-likeness (QED) is 0.0387. The van der Waals surface area contributed by atoms with Gasteiger partial charge < -0.3 is 18.4 Å². The largest absolute Gasteiger partial charge is 0.423 e. The number of hydrogen-bond donors (Lipinski definition) is 1. The van der Waals surface area contributed by atoms with E-state index in [0.717, 1.165) is 83.1 Å². The van der Waals surface area contributed by atoms with Crippen LogP contribution in [0.5, 0.6) is 17.2 Å². The number of carbonyl (C=O) groups is 4. The number of nitrogens with one attached hydrogen (secondary N) is 1. The van der Waals surface area contributed by atoms with Crippen LogP contribution < -0.4 is 18.4 Å². The number of ether oxygens (including phenoxy) is 1. The molecule has 1 N–H and O–H groups in total. The summed E-state index contributed by atoms with van der Waals surface area (Å²) >= 11 is -0.0457. The third-order valence-corrected chi connectivity index (χ3v) is 25.0. The van der Waals surface area contributed by atoms with Gasteiger partial charge in [0, 0.05) is 44.3 Å². The Morgan fingerprint density at radius 3 is 1.21 bits per heavy atom. The van der Waals surface area contributed by atoms with Crippen molar-refractivity contribution in [2.24, 2.45) is 0 Å². The summed E-state index contributed by atoms with van der Waals surface area (Å²) in [6.07, 6.45) is 0. The summed E-state index contributed by atoms with van der Waals surface area (Å²) < 4.78 is 29.3. The molecule has 13 aromatic rings. The van der Waals surface area contributed by atoms with E-state index in [2.05, 4.69) is 188 Å². The smallest absolute Gasteiger partial charge is 0.343 e. The second-order valence-electron chi connectivity index (χ2n) is 33.7. The average molecular weight is 1650 g/mol. The van der Waals surface area contributed by atoms with Crippen LogP contribution >= 0.6 is 12.0 Å². The highest BCUT2D eigenvalue weighted by molar-refractivity contribution is 7.95. The monoisotopic (exact) mass is 1650 g/mol. The molecule has 624 valence electrons. The zero-order valence-electron chi connectivity index (χ0n) is 75.7. The Morgan fingerprint density at radius 2 is 0.702 bits per heavy atom. The molecule has 11 heteroatoms. The van der Waals surface area contributed by atoms with Crippen molar-refractivity contribution in [2.75, 3.05) is 5.32 Å². The molecule has 0 bridgehead atoms. The van der Waals surface area contributed by atoms with Gasteiger partial charge in [0.1, 0.15) is 17.2 Å². The van der Waals surface area contributed by atoms with Gasteiger partial charge in [-0.25, -0.2) is 9.00 Å². The van der Waals surface area contributed by atoms with Crippen molar-refractivity contribution >= 4 is 52.3 Å². The molecule has 13 rings (SSSR count). The highest BCUT2D eigenvalue weighted by Gasteiger charge is 2.29. The molecule has 0 spiro atoms. The van der Waals surface area contributed by atoms with Crippen LogP contribution in [0.1, 0.15) is 225 Å². The molecule has 1 atom stereocenters. The molecule has 0 saturated heterocycles. The maximum atomic E-state index is 13.5. The van der Waals surface area contributed by atoms with Gasteiger partial charge in [0.05, 0.1) is 27.4 Å². The Kier molecular flexibility index (Phi) is 31.6. The van der Waals surface area contributed by atoms with Crippen molar-refractivity contribution < 1.29 is 36.5 Å². The van der Waals surface area contributed by atoms with Gasteiger partial charge >= 0.3 is 5.97 Å². The maximum absolute atomic E-state index is 13.5. The molecule has 9 nitrogen and oxygen atoms in total. The highest BCUT2D eigenvalue weighted by Crippen LogP contribution is 2.39. The molecule has 0 heterocycles. The fourth-order valence-electron chi connectivity index (χ4n) is 14.5. The number of benzene rings is 13. The van der Waals surface area contributed by atoms with Gasteiger partial charge in [-0.3, -0.25) is 14.4 Å². The summed E-state index contributed by atoms with van der Waals surface area (Å²) in [5.41, 5.74) is 34.9. The molecule has 13 aromatic carbocycles. The Hall–Kier alpha value is -11.8. The Balaban J connectivity index is 0.000000187. The lowest BCUT2D eigenvalue weighted by Gasteiger charge is -2.29. The summed E-state index contributed by atoms with van der Waals surface area (Å²) in [5.74, 6) is 1.58. The van der Waals surface area contributed by atoms with Crippen molar-refractivity contribution in [3.05, 3.63) is 421 Å². The standard InChI is InChI=1S/C44H46O3.C17H19NO.C17H18O.C16H18O2S.C16H18OS/c1-27-11-20-38(30(4)23-27)44(9,10)37-19-22-40(32(6)26-37)47-42(46)34-15-13-33(14-16-34)41(45)35-17-21-39(31(5)24-35)43(7,8)36-18-12-28(2)29(3)25-36;1-11-5-8-16(14(4)9-11)17(19)18-15-7-6-12(2)13(3)10-15;1-11-5-8-16(14(4)9-11)17(18)15-7-6-12(2)13(3)10-15;1-11-5-8-16(14(4)9-11)19(17)18-15-7-6-12(2)13(3)10-15;1-11-5-8-16(14(4)9-11)18-17-15-7-6-12(2)13(3)10-15/h11-26H,1-10H3;5-10H,1-4H3,(H,18,19);5-10H,1-4H3;5-10H,1-4H3;5-10H,1-4H3. The maximum Gasteiger partial charge on any atom is 0.343 e. The summed E-state index contributed by atoms with van der Waals surface area (Å²) in [4.78, 5) is 53.2. The summed E-state index contributed by atoms with van der Waals surface area (Å²) in [7, 11) is 0. The normalized spacial score (nSPS) is 11.2. The minimum Gasteiger partial charge on any atom is -0.423 e. The lowest BCUT2D eigenvalue weighted by atomic mass is 9.75. The third kappa shape index (κ3) is 24.5. The predicted molar refractivity (Wildman–Crippen MR) is 506 cm³/mol. The molecule has 0 aliphatic heterocycles. The third-order valence-electron chi connectivity index (χ3n) is 22.9. The number of ketones is 2. The molecule has 0 aromatic heterocycles. The highest BCUT2D eigenvalue weighted by atomic mass is 32.2. The van der Waals surface area contributed by atoms with Gasteiger partial charge in [0.2, 0.25) is 11.1 Å². The van der Waals surface area contributed by atoms with Gasteiger partial charge in [0.15, 0.2) is 11.6 Å². The number of rotatable bonds is 18. The lowest BCUT2D eigenvalue weighted by Crippen LogP contribution is -2.21. The van der Waals surface area contributed by atoms with Crippen molar-refractivity contribution in [2.45, 2.75) is 201 Å². The molecular weight excluding hydrogens is 1530 g/mol. The number of carbonyl (C=O) groups excluding carboxylic acids is 4. The van der Waals surface area contributed by atoms with Gasteiger partial charge in [-0.1, -0.05) is 213 Å². The topological polar surface area (TPSA) is 125 Å². The average Bonchev–Trinajstić information content (AvgIpc) is 0.782. The second kappa shape index (κ2) is 41.0. The Bertz CT molecular complexity index is 5900. The van der Waals surface area contributed by atoms with Crippen LogP contribution in [-0.2, 0) is 21.9 Å². The van der Waals surface area contributed by atoms with E-state index >= 15 is 0 Å². The van der Waals surface area contributed by atoms with E-state index in [1.807, 2.05) is 216 Å². The van der Waals surface area contributed by atoms with Gasteiger partial charge in [-0.05, 0) is 354 Å². The SMILES string of the molecule is Cc1ccc(C(=O)Nc2ccc(C)c(C)c2)c(C)c1.Cc1ccc(C(=O)c2ccc(C)c(C)c2)c(C)c1.Cc1ccc(C(C)(C)c2ccc(OC(=O)c3ccc(C(=O)c4ccc(C(C)(C)c5ccc(C)c(C)c5)c(C)c4)cc3)c(C)c2)c(C)c1.Cc1ccc(S(=O)Oc2ccc(C)c(C)c2)c(C)c1.Cc1ccc(SOc2ccc(C)c(C)c2)c(C)c1. The van der Waals surface area contributed by atoms with Crippen molar-refractivity contribution in [1.29, 1.82) is 0 Å². The van der Waals surface area contributed by atoms with Crippen molar-refractivity contribution in [3.63, 3.8) is 0 Å². The molecule has 1 unspecified atom stereocenters. The van der Waals surface area contributed by atoms with Crippen LogP contribution in [0, 0.1) is 152 Å². The summed E-state index contributed by atoms with van der Waals surface area (Å²) in [6.45, 7) is 54.1. The molecule has 0 saturated carbocycles. The van der Waals surface area contributed by atoms with Crippen LogP contribution in [-0.4, -0.2) is 27.7 Å². The molecule has 0 fully saturated rings. The van der Waals surface area contributed by atoms with Crippen LogP contribution in [0.3, 0.4) is 0 Å². The molecule has 121 heavy (non-hydrogen) atoms. The minimum atomic E-state index is -1.47. The predicted octanol–water partition coefficient (Wildman–Crippen LogP) is 28.0. The van der Waals surface area contributed by atoms with E-state index < -0.39 is 17.0 Å². The number of amides is 1. The van der Waals surface area contributed by atoms with Crippen LogP contribution in [0.15, 0.2) is 252 Å². The number of aryl methyl sites for hydroxylation is 22. The van der Waals surface area contributed by atoms with Crippen molar-refractivity contribution in [1.82, 2.24) is 0 Å². The van der Waals surface area contributed by atoms with Crippen LogP contribution in [0.4, 0.5) is 5.69 Å². The van der Waals surface area contributed by atoms with Gasteiger partial charge in [-0.15, -0.1) is 0 Å². The first-order valence-corrected chi connectivity index (χ1v) is 43.0. The summed E-state index contributed by atoms with van der Waals surface area (Å²) in [6, 6.07) is 79.6. The fourth-order valence-corrected chi connectivity index (χ4v) is 16.0. The second-order valence-corrected chi connectivity index (χ2v) is 35.6. The van der Waals surface area contributed by atoms with E-state index in [0.29, 0.717) is 28.2 Å². The zero-order chi connectivity index (χ0) is 88.6. The molecule has 0 radical (unpaired) electrons. The van der Waals surface area contributed by atoms with E-state index in [1.165, 1.54) is 112 Å². The van der Waals surface area contributed by atoms with E-state index in [1.54, 1.807) is 24.3 Å². The van der Waals surface area contributed by atoms with Crippen molar-refractivity contribution in [3.8, 4) is 17.2 Å². The molecule has 0 aliphatic carbocycles. The Labute approximate surface area is 727 Å². The minimum absolute atomic E-state index is 0.0549. The Morgan fingerprint density at radius 1 is 0.306 bits per heavy atom. The number of hydrogen-bond acceptors (Lipinski definition) is 9. The summed E-state index contributed by atoms with van der Waals surface area (Å²) in [5, 5.41) is 2.95. The van der Waals surface area contributed by atoms with Crippen LogP contribution in [0.2, 0.25) is 0 Å². The molecular formula is C110H119NO8S2. The number of anilines is 1. The van der Waals surface area contributed by atoms with E-state index in [4.69, 9.17) is 13.1 Å². The fraction of sp³-hybridized carbons (Fsp3) is 0.255. The van der Waals surface area contributed by atoms with E-state index in [9.17, 15) is 23.4 Å². The van der Waals surface area contributed by atoms with E-state index in [-0.39, 0.29) is 28.3 Å².